The molecule has 1 N–H and O–H groups in total. The van der Waals surface area contributed by atoms with Crippen LogP contribution in [0.15, 0.2) is 52.6 Å². The van der Waals surface area contributed by atoms with Gasteiger partial charge in [0.15, 0.2) is 0 Å². The third kappa shape index (κ3) is 3.25. The van der Waals surface area contributed by atoms with Gasteiger partial charge in [-0.1, -0.05) is 37.6 Å². The smallest absolute Gasteiger partial charge is 0.253 e. The summed E-state index contributed by atoms with van der Waals surface area (Å²) < 4.78 is 1.67. The number of pyridine rings is 1. The molecule has 2 aromatic rings. The van der Waals surface area contributed by atoms with Crippen molar-refractivity contribution in [1.82, 2.24) is 9.88 Å². The van der Waals surface area contributed by atoms with Crippen LogP contribution in [0.3, 0.4) is 0 Å². The maximum absolute atomic E-state index is 12.1. The molecule has 1 aliphatic rings. The third-order valence-electron chi connectivity index (χ3n) is 5.08. The second-order valence-corrected chi connectivity index (χ2v) is 7.71. The van der Waals surface area contributed by atoms with E-state index < -0.39 is 0 Å². The van der Waals surface area contributed by atoms with Crippen LogP contribution in [-0.4, -0.2) is 4.57 Å². The highest BCUT2D eigenvalue weighted by Crippen LogP contribution is 2.44. The molecule has 2 heterocycles. The van der Waals surface area contributed by atoms with Crippen LogP contribution in [0.4, 0.5) is 0 Å². The van der Waals surface area contributed by atoms with Crippen molar-refractivity contribution in [2.24, 2.45) is 13.0 Å². The highest BCUT2D eigenvalue weighted by molar-refractivity contribution is 6.30. The van der Waals surface area contributed by atoms with Crippen molar-refractivity contribution in [2.75, 3.05) is 0 Å². The molecular formula is C21H25ClN2O. The minimum absolute atomic E-state index is 0.0542. The first kappa shape index (κ1) is 17.8. The third-order valence-corrected chi connectivity index (χ3v) is 5.34. The van der Waals surface area contributed by atoms with Crippen LogP contribution >= 0.6 is 11.6 Å². The second-order valence-electron chi connectivity index (χ2n) is 7.28. The molecule has 0 amide bonds. The number of aryl methyl sites for hydroxylation is 2. The van der Waals surface area contributed by atoms with E-state index in [9.17, 15) is 4.79 Å². The summed E-state index contributed by atoms with van der Waals surface area (Å²) in [6.07, 6.45) is 1.95. The lowest BCUT2D eigenvalue weighted by atomic mass is 9.84. The van der Waals surface area contributed by atoms with Gasteiger partial charge in [-0.3, -0.25) is 4.79 Å². The zero-order valence-electron chi connectivity index (χ0n) is 15.4. The molecule has 1 aromatic carbocycles. The molecule has 2 unspecified atom stereocenters. The fourth-order valence-corrected chi connectivity index (χ4v) is 4.00. The normalized spacial score (nSPS) is 20.3. The molecule has 132 valence electrons. The Hall–Kier alpha value is -2.00. The molecule has 0 aliphatic carbocycles. The standard InChI is InChI=1S/C21H25ClN2O/c1-12(2)19-14(4)18(15-6-8-17(22)9-7-15)20(23-19)16-10-13(3)21(25)24(5)11-16/h6-12,18,20,23H,1-5H3. The molecule has 3 nitrogen and oxygen atoms in total. The van der Waals surface area contributed by atoms with Crippen molar-refractivity contribution in [3.05, 3.63) is 79.9 Å². The first-order chi connectivity index (χ1) is 11.8. The van der Waals surface area contributed by atoms with Gasteiger partial charge in [-0.05, 0) is 54.7 Å². The summed E-state index contributed by atoms with van der Waals surface area (Å²) in [7, 11) is 1.81. The van der Waals surface area contributed by atoms with Gasteiger partial charge in [-0.15, -0.1) is 0 Å². The minimum Gasteiger partial charge on any atom is -0.380 e. The van der Waals surface area contributed by atoms with Gasteiger partial charge >= 0.3 is 0 Å². The first-order valence-electron chi connectivity index (χ1n) is 8.69. The Morgan fingerprint density at radius 1 is 1.12 bits per heavy atom. The van der Waals surface area contributed by atoms with E-state index in [1.807, 2.05) is 38.4 Å². The van der Waals surface area contributed by atoms with Crippen molar-refractivity contribution in [1.29, 1.82) is 0 Å². The zero-order chi connectivity index (χ0) is 18.3. The minimum atomic E-state index is 0.0542. The lowest BCUT2D eigenvalue weighted by Crippen LogP contribution is -2.25. The molecule has 1 aromatic heterocycles. The molecule has 3 rings (SSSR count). The Labute approximate surface area is 154 Å². The highest BCUT2D eigenvalue weighted by atomic mass is 35.5. The second kappa shape index (κ2) is 6.72. The van der Waals surface area contributed by atoms with E-state index in [1.165, 1.54) is 16.8 Å². The van der Waals surface area contributed by atoms with E-state index in [-0.39, 0.29) is 17.5 Å². The van der Waals surface area contributed by atoms with Gasteiger partial charge in [0.25, 0.3) is 5.56 Å². The van der Waals surface area contributed by atoms with Crippen molar-refractivity contribution in [3.8, 4) is 0 Å². The maximum Gasteiger partial charge on any atom is 0.253 e. The Bertz CT molecular complexity index is 852. The number of aromatic nitrogens is 1. The molecule has 0 bridgehead atoms. The van der Waals surface area contributed by atoms with E-state index in [2.05, 4.69) is 38.2 Å². The van der Waals surface area contributed by atoms with E-state index in [0.717, 1.165) is 16.1 Å². The molecular weight excluding hydrogens is 332 g/mol. The molecule has 2 atom stereocenters. The predicted octanol–water partition coefficient (Wildman–Crippen LogP) is 4.71. The fraction of sp³-hybridized carbons (Fsp3) is 0.381. The van der Waals surface area contributed by atoms with Crippen molar-refractivity contribution in [2.45, 2.75) is 39.7 Å². The average molecular weight is 357 g/mol. The van der Waals surface area contributed by atoms with Crippen LogP contribution in [0, 0.1) is 12.8 Å². The molecule has 0 saturated heterocycles. The average Bonchev–Trinajstić information content (AvgIpc) is 2.90. The molecule has 0 saturated carbocycles. The van der Waals surface area contributed by atoms with Crippen LogP contribution in [-0.2, 0) is 7.05 Å². The van der Waals surface area contributed by atoms with Crippen LogP contribution < -0.4 is 10.9 Å². The number of nitrogens with one attached hydrogen (secondary N) is 1. The van der Waals surface area contributed by atoms with E-state index >= 15 is 0 Å². The fourth-order valence-electron chi connectivity index (χ4n) is 3.87. The van der Waals surface area contributed by atoms with E-state index in [4.69, 9.17) is 11.6 Å². The predicted molar refractivity (Wildman–Crippen MR) is 104 cm³/mol. The molecule has 0 fully saturated rings. The topological polar surface area (TPSA) is 34.0 Å². The number of rotatable bonds is 3. The van der Waals surface area contributed by atoms with Crippen molar-refractivity contribution in [3.63, 3.8) is 0 Å². The number of allylic oxidation sites excluding steroid dienone is 1. The number of benzene rings is 1. The van der Waals surface area contributed by atoms with Crippen LogP contribution in [0.5, 0.6) is 0 Å². The Kier molecular flexibility index (Phi) is 4.79. The number of nitrogens with zero attached hydrogens (tertiary/aromatic N) is 1. The summed E-state index contributed by atoms with van der Waals surface area (Å²) >= 11 is 6.08. The summed E-state index contributed by atoms with van der Waals surface area (Å²) in [6.45, 7) is 8.50. The van der Waals surface area contributed by atoms with Gasteiger partial charge < -0.3 is 9.88 Å². The Morgan fingerprint density at radius 3 is 2.32 bits per heavy atom. The van der Waals surface area contributed by atoms with Gasteiger partial charge in [0.05, 0.1) is 6.04 Å². The summed E-state index contributed by atoms with van der Waals surface area (Å²) in [5.74, 6) is 0.653. The first-order valence-corrected chi connectivity index (χ1v) is 9.07. The van der Waals surface area contributed by atoms with Gasteiger partial charge in [-0.2, -0.15) is 0 Å². The Morgan fingerprint density at radius 2 is 1.76 bits per heavy atom. The number of hydrogen-bond acceptors (Lipinski definition) is 2. The highest BCUT2D eigenvalue weighted by Gasteiger charge is 2.35. The number of hydrogen-bond donors (Lipinski definition) is 1. The van der Waals surface area contributed by atoms with Gasteiger partial charge in [0.1, 0.15) is 0 Å². The Balaban J connectivity index is 2.12. The van der Waals surface area contributed by atoms with Gasteiger partial charge in [0, 0.05) is 35.4 Å². The summed E-state index contributed by atoms with van der Waals surface area (Å²) in [6, 6.07) is 10.2. The molecule has 4 heteroatoms. The lowest BCUT2D eigenvalue weighted by Gasteiger charge is -2.24. The van der Waals surface area contributed by atoms with Crippen molar-refractivity contribution >= 4 is 11.6 Å². The van der Waals surface area contributed by atoms with E-state index in [0.29, 0.717) is 5.92 Å². The van der Waals surface area contributed by atoms with Crippen molar-refractivity contribution < 1.29 is 0 Å². The monoisotopic (exact) mass is 356 g/mol. The van der Waals surface area contributed by atoms with E-state index in [1.54, 1.807) is 4.57 Å². The lowest BCUT2D eigenvalue weighted by molar-refractivity contribution is 0.552. The molecule has 0 spiro atoms. The SMILES string of the molecule is CC1=C(C(C)C)NC(c2cc(C)c(=O)n(C)c2)C1c1ccc(Cl)cc1. The summed E-state index contributed by atoms with van der Waals surface area (Å²) in [5, 5.41) is 4.47. The largest absolute Gasteiger partial charge is 0.380 e. The number of halogens is 1. The summed E-state index contributed by atoms with van der Waals surface area (Å²) in [4.78, 5) is 12.1. The van der Waals surface area contributed by atoms with Crippen LogP contribution in [0.1, 0.15) is 49.4 Å². The van der Waals surface area contributed by atoms with Gasteiger partial charge in [0.2, 0.25) is 0 Å². The summed E-state index contributed by atoms with van der Waals surface area (Å²) in [5.41, 5.74) is 5.84. The van der Waals surface area contributed by atoms with Crippen LogP contribution in [0.25, 0.3) is 0 Å². The maximum atomic E-state index is 12.1. The van der Waals surface area contributed by atoms with Gasteiger partial charge in [-0.25, -0.2) is 0 Å². The zero-order valence-corrected chi connectivity index (χ0v) is 16.2. The van der Waals surface area contributed by atoms with Crippen LogP contribution in [0.2, 0.25) is 5.02 Å². The molecule has 1 aliphatic heterocycles. The molecule has 25 heavy (non-hydrogen) atoms. The quantitative estimate of drug-likeness (QED) is 0.864. The molecule has 0 radical (unpaired) electrons.